The number of hydrogen-bond acceptors (Lipinski definition) is 3. The van der Waals surface area contributed by atoms with E-state index in [2.05, 4.69) is 31.1 Å². The summed E-state index contributed by atoms with van der Waals surface area (Å²) < 4.78 is 5.04. The van der Waals surface area contributed by atoms with Gasteiger partial charge in [-0.2, -0.15) is 0 Å². The quantitative estimate of drug-likeness (QED) is 0.550. The monoisotopic (exact) mass is 230 g/mol. The molecule has 0 aliphatic rings. The first-order valence-corrected chi connectivity index (χ1v) is 6.61. The highest BCUT2D eigenvalue weighted by molar-refractivity contribution is 4.61. The molecule has 0 aromatic rings. The highest BCUT2D eigenvalue weighted by Crippen LogP contribution is 1.99. The van der Waals surface area contributed by atoms with Gasteiger partial charge in [-0.05, 0) is 52.7 Å². The number of nitrogens with one attached hydrogen (secondary N) is 1. The van der Waals surface area contributed by atoms with E-state index in [1.54, 1.807) is 7.11 Å². The Bertz CT molecular complexity index is 142. The second-order valence-corrected chi connectivity index (χ2v) is 4.65. The number of nitrogens with zero attached hydrogens (tertiary/aromatic N) is 1. The number of ether oxygens (including phenoxy) is 1. The molecule has 1 N–H and O–H groups in total. The van der Waals surface area contributed by atoms with Crippen LogP contribution >= 0.6 is 0 Å². The minimum Gasteiger partial charge on any atom is -0.385 e. The first-order chi connectivity index (χ1) is 7.70. The van der Waals surface area contributed by atoms with E-state index >= 15 is 0 Å². The lowest BCUT2D eigenvalue weighted by atomic mass is 10.1. The van der Waals surface area contributed by atoms with E-state index in [-0.39, 0.29) is 0 Å². The van der Waals surface area contributed by atoms with E-state index in [0.29, 0.717) is 6.04 Å². The molecule has 16 heavy (non-hydrogen) atoms. The third-order valence-corrected chi connectivity index (χ3v) is 2.81. The van der Waals surface area contributed by atoms with Gasteiger partial charge in [-0.15, -0.1) is 0 Å². The lowest BCUT2D eigenvalue weighted by Crippen LogP contribution is -2.28. The van der Waals surface area contributed by atoms with Crippen LogP contribution in [0.1, 0.15) is 39.5 Å². The Balaban J connectivity index is 3.28. The van der Waals surface area contributed by atoms with Crippen molar-refractivity contribution in [3.63, 3.8) is 0 Å². The number of hydrogen-bond donors (Lipinski definition) is 1. The Morgan fingerprint density at radius 2 is 1.94 bits per heavy atom. The van der Waals surface area contributed by atoms with Crippen molar-refractivity contribution < 1.29 is 4.74 Å². The molecule has 0 aliphatic carbocycles. The van der Waals surface area contributed by atoms with Crippen LogP contribution in [0.3, 0.4) is 0 Å². The summed E-state index contributed by atoms with van der Waals surface area (Å²) in [5, 5.41) is 3.52. The molecule has 0 aromatic carbocycles. The van der Waals surface area contributed by atoms with Crippen LogP contribution in [0.4, 0.5) is 0 Å². The van der Waals surface area contributed by atoms with E-state index < -0.39 is 0 Å². The molecule has 0 amide bonds. The standard InChI is InChI=1S/C13H30N2O/c1-5-9-14-13(2)8-6-10-15(3)11-7-12-16-4/h13-14H,5-12H2,1-4H3. The third kappa shape index (κ3) is 10.4. The smallest absolute Gasteiger partial charge is 0.0474 e. The van der Waals surface area contributed by atoms with Crippen molar-refractivity contribution in [1.82, 2.24) is 10.2 Å². The normalized spacial score (nSPS) is 13.3. The zero-order valence-electron chi connectivity index (χ0n) is 11.6. The summed E-state index contributed by atoms with van der Waals surface area (Å²) in [6.45, 7) is 8.85. The van der Waals surface area contributed by atoms with Crippen LogP contribution in [-0.4, -0.2) is 51.3 Å². The average Bonchev–Trinajstić information content (AvgIpc) is 2.26. The zero-order chi connectivity index (χ0) is 12.2. The molecule has 1 unspecified atom stereocenters. The van der Waals surface area contributed by atoms with Gasteiger partial charge in [-0.1, -0.05) is 6.92 Å². The van der Waals surface area contributed by atoms with Crippen molar-refractivity contribution in [2.75, 3.05) is 40.4 Å². The molecule has 0 aliphatic heterocycles. The molecule has 0 rings (SSSR count). The maximum atomic E-state index is 5.04. The summed E-state index contributed by atoms with van der Waals surface area (Å²) in [4.78, 5) is 2.39. The fraction of sp³-hybridized carbons (Fsp3) is 1.00. The van der Waals surface area contributed by atoms with Gasteiger partial charge >= 0.3 is 0 Å². The summed E-state index contributed by atoms with van der Waals surface area (Å²) in [5.74, 6) is 0. The van der Waals surface area contributed by atoms with E-state index in [4.69, 9.17) is 4.74 Å². The van der Waals surface area contributed by atoms with E-state index in [1.807, 2.05) is 0 Å². The average molecular weight is 230 g/mol. The molecule has 3 heteroatoms. The van der Waals surface area contributed by atoms with Crippen LogP contribution in [0.5, 0.6) is 0 Å². The number of methoxy groups -OCH3 is 1. The predicted octanol–water partition coefficient (Wildman–Crippen LogP) is 2.12. The van der Waals surface area contributed by atoms with Crippen LogP contribution in [0, 0.1) is 0 Å². The van der Waals surface area contributed by atoms with Gasteiger partial charge in [0.15, 0.2) is 0 Å². The fourth-order valence-corrected chi connectivity index (χ4v) is 1.75. The zero-order valence-corrected chi connectivity index (χ0v) is 11.6. The second kappa shape index (κ2) is 11.4. The van der Waals surface area contributed by atoms with Gasteiger partial charge in [-0.3, -0.25) is 0 Å². The Morgan fingerprint density at radius 3 is 2.56 bits per heavy atom. The molecule has 1 atom stereocenters. The Kier molecular flexibility index (Phi) is 11.3. The molecular weight excluding hydrogens is 200 g/mol. The van der Waals surface area contributed by atoms with Crippen LogP contribution in [0.25, 0.3) is 0 Å². The molecule has 0 saturated carbocycles. The van der Waals surface area contributed by atoms with Gasteiger partial charge in [0.05, 0.1) is 0 Å². The molecule has 98 valence electrons. The molecule has 0 aromatic heterocycles. The van der Waals surface area contributed by atoms with Crippen LogP contribution in [-0.2, 0) is 4.74 Å². The Morgan fingerprint density at radius 1 is 1.25 bits per heavy atom. The topological polar surface area (TPSA) is 24.5 Å². The molecule has 3 nitrogen and oxygen atoms in total. The maximum Gasteiger partial charge on any atom is 0.0474 e. The van der Waals surface area contributed by atoms with Gasteiger partial charge in [0.2, 0.25) is 0 Å². The van der Waals surface area contributed by atoms with Crippen molar-refractivity contribution >= 4 is 0 Å². The predicted molar refractivity (Wildman–Crippen MR) is 71.0 cm³/mol. The molecule has 0 saturated heterocycles. The van der Waals surface area contributed by atoms with Gasteiger partial charge in [0, 0.05) is 26.3 Å². The fourth-order valence-electron chi connectivity index (χ4n) is 1.75. The largest absolute Gasteiger partial charge is 0.385 e. The Labute approximate surface area is 102 Å². The van der Waals surface area contributed by atoms with Crippen LogP contribution < -0.4 is 5.32 Å². The van der Waals surface area contributed by atoms with Crippen molar-refractivity contribution in [3.8, 4) is 0 Å². The molecule has 0 heterocycles. The summed E-state index contributed by atoms with van der Waals surface area (Å²) in [7, 11) is 3.96. The summed E-state index contributed by atoms with van der Waals surface area (Å²) >= 11 is 0. The van der Waals surface area contributed by atoms with Gasteiger partial charge in [-0.25, -0.2) is 0 Å². The van der Waals surface area contributed by atoms with Crippen molar-refractivity contribution in [1.29, 1.82) is 0 Å². The molecule has 0 spiro atoms. The van der Waals surface area contributed by atoms with Crippen LogP contribution in [0.15, 0.2) is 0 Å². The summed E-state index contributed by atoms with van der Waals surface area (Å²) in [5.41, 5.74) is 0. The third-order valence-electron chi connectivity index (χ3n) is 2.81. The maximum absolute atomic E-state index is 5.04. The van der Waals surface area contributed by atoms with Crippen molar-refractivity contribution in [3.05, 3.63) is 0 Å². The van der Waals surface area contributed by atoms with Crippen LogP contribution in [0.2, 0.25) is 0 Å². The Hall–Kier alpha value is -0.120. The number of rotatable bonds is 11. The molecule has 0 radical (unpaired) electrons. The second-order valence-electron chi connectivity index (χ2n) is 4.65. The summed E-state index contributed by atoms with van der Waals surface area (Å²) in [6.07, 6.45) is 4.91. The minimum absolute atomic E-state index is 0.660. The van der Waals surface area contributed by atoms with Gasteiger partial charge in [0.1, 0.15) is 0 Å². The lowest BCUT2D eigenvalue weighted by Gasteiger charge is -2.18. The highest BCUT2D eigenvalue weighted by atomic mass is 16.5. The van der Waals surface area contributed by atoms with E-state index in [0.717, 1.165) is 26.1 Å². The highest BCUT2D eigenvalue weighted by Gasteiger charge is 2.02. The van der Waals surface area contributed by atoms with Crippen molar-refractivity contribution in [2.45, 2.75) is 45.6 Å². The van der Waals surface area contributed by atoms with Gasteiger partial charge in [0.25, 0.3) is 0 Å². The van der Waals surface area contributed by atoms with Crippen molar-refractivity contribution in [2.24, 2.45) is 0 Å². The molecular formula is C13H30N2O. The molecule has 0 fully saturated rings. The van der Waals surface area contributed by atoms with Gasteiger partial charge < -0.3 is 15.0 Å². The first kappa shape index (κ1) is 15.9. The van der Waals surface area contributed by atoms with E-state index in [9.17, 15) is 0 Å². The first-order valence-electron chi connectivity index (χ1n) is 6.61. The minimum atomic E-state index is 0.660. The SMILES string of the molecule is CCCNC(C)CCCN(C)CCCOC. The van der Waals surface area contributed by atoms with E-state index in [1.165, 1.54) is 25.8 Å². The molecule has 0 bridgehead atoms. The lowest BCUT2D eigenvalue weighted by molar-refractivity contribution is 0.178. The summed E-state index contributed by atoms with van der Waals surface area (Å²) in [6, 6.07) is 0.660.